The fourth-order valence-corrected chi connectivity index (χ4v) is 2.56. The summed E-state index contributed by atoms with van der Waals surface area (Å²) < 4.78 is 11.5. The molecule has 1 aliphatic rings. The van der Waals surface area contributed by atoms with Gasteiger partial charge in [0.2, 0.25) is 0 Å². The molecule has 0 radical (unpaired) electrons. The zero-order chi connectivity index (χ0) is 14.4. The number of hydrogen-bond donors (Lipinski definition) is 1. The van der Waals surface area contributed by atoms with E-state index in [1.807, 2.05) is 19.1 Å². The second kappa shape index (κ2) is 7.60. The molecule has 0 bridgehead atoms. The molecule has 2 rings (SSSR count). The second-order valence-electron chi connectivity index (χ2n) is 5.39. The average Bonchev–Trinajstić information content (AvgIpc) is 2.98. The van der Waals surface area contributed by atoms with E-state index in [9.17, 15) is 0 Å². The van der Waals surface area contributed by atoms with Crippen LogP contribution in [0.3, 0.4) is 0 Å². The highest BCUT2D eigenvalue weighted by Gasteiger charge is 2.21. The Morgan fingerprint density at radius 1 is 1.50 bits per heavy atom. The maximum atomic E-state index is 5.83. The van der Waals surface area contributed by atoms with Gasteiger partial charge < -0.3 is 14.8 Å². The maximum absolute atomic E-state index is 5.83. The van der Waals surface area contributed by atoms with Crippen LogP contribution in [0.25, 0.3) is 0 Å². The van der Waals surface area contributed by atoms with Crippen LogP contribution in [0.1, 0.15) is 38.1 Å². The topological polar surface area (TPSA) is 43.4 Å². The van der Waals surface area contributed by atoms with E-state index in [1.165, 1.54) is 6.42 Å². The molecule has 4 nitrogen and oxygen atoms in total. The van der Waals surface area contributed by atoms with Crippen LogP contribution < -0.4 is 10.1 Å². The van der Waals surface area contributed by atoms with Crippen molar-refractivity contribution in [1.82, 2.24) is 10.3 Å². The summed E-state index contributed by atoms with van der Waals surface area (Å²) in [5.41, 5.74) is 2.08. The SMILES string of the molecule is CCc1nc(C)ccc1OCCNC(C)C1CCCO1. The molecule has 1 fully saturated rings. The van der Waals surface area contributed by atoms with Gasteiger partial charge in [-0.3, -0.25) is 4.98 Å². The summed E-state index contributed by atoms with van der Waals surface area (Å²) in [6.45, 7) is 8.69. The monoisotopic (exact) mass is 278 g/mol. The fourth-order valence-electron chi connectivity index (χ4n) is 2.56. The van der Waals surface area contributed by atoms with Crippen molar-refractivity contribution in [1.29, 1.82) is 0 Å². The van der Waals surface area contributed by atoms with Gasteiger partial charge in [-0.25, -0.2) is 0 Å². The number of ether oxygens (including phenoxy) is 2. The van der Waals surface area contributed by atoms with E-state index in [4.69, 9.17) is 9.47 Å². The predicted octanol–water partition coefficient (Wildman–Crippen LogP) is 2.49. The molecule has 1 saturated heterocycles. The van der Waals surface area contributed by atoms with Crippen molar-refractivity contribution < 1.29 is 9.47 Å². The van der Waals surface area contributed by atoms with Crippen molar-refractivity contribution in [3.63, 3.8) is 0 Å². The summed E-state index contributed by atoms with van der Waals surface area (Å²) in [5.74, 6) is 0.907. The van der Waals surface area contributed by atoms with E-state index in [2.05, 4.69) is 24.1 Å². The van der Waals surface area contributed by atoms with Gasteiger partial charge in [0.1, 0.15) is 12.4 Å². The summed E-state index contributed by atoms with van der Waals surface area (Å²) >= 11 is 0. The van der Waals surface area contributed by atoms with E-state index >= 15 is 0 Å². The van der Waals surface area contributed by atoms with Crippen LogP contribution >= 0.6 is 0 Å². The Morgan fingerprint density at radius 2 is 2.35 bits per heavy atom. The summed E-state index contributed by atoms with van der Waals surface area (Å²) in [4.78, 5) is 4.50. The standard InChI is InChI=1S/C16H26N2O2/c1-4-14-16(8-7-12(2)18-14)20-11-9-17-13(3)15-6-5-10-19-15/h7-8,13,15,17H,4-6,9-11H2,1-3H3. The highest BCUT2D eigenvalue weighted by Crippen LogP contribution is 2.17. The van der Waals surface area contributed by atoms with Crippen LogP contribution in [0.4, 0.5) is 0 Å². The van der Waals surface area contributed by atoms with Gasteiger partial charge in [-0.05, 0) is 45.2 Å². The van der Waals surface area contributed by atoms with Crippen LogP contribution in [0.2, 0.25) is 0 Å². The van der Waals surface area contributed by atoms with Gasteiger partial charge in [0.15, 0.2) is 0 Å². The number of hydrogen-bond acceptors (Lipinski definition) is 4. The first-order valence-corrected chi connectivity index (χ1v) is 7.65. The van der Waals surface area contributed by atoms with E-state index in [1.54, 1.807) is 0 Å². The van der Waals surface area contributed by atoms with Gasteiger partial charge in [0.25, 0.3) is 0 Å². The third-order valence-electron chi connectivity index (χ3n) is 3.76. The van der Waals surface area contributed by atoms with Crippen molar-refractivity contribution in [2.45, 2.75) is 52.2 Å². The van der Waals surface area contributed by atoms with Gasteiger partial charge >= 0.3 is 0 Å². The van der Waals surface area contributed by atoms with Gasteiger partial charge in [-0.15, -0.1) is 0 Å². The lowest BCUT2D eigenvalue weighted by Gasteiger charge is -2.20. The number of nitrogens with one attached hydrogen (secondary N) is 1. The van der Waals surface area contributed by atoms with Crippen molar-refractivity contribution in [3.8, 4) is 5.75 Å². The first-order chi connectivity index (χ1) is 9.70. The lowest BCUT2D eigenvalue weighted by Crippen LogP contribution is -2.39. The maximum Gasteiger partial charge on any atom is 0.140 e. The Labute approximate surface area is 121 Å². The smallest absolute Gasteiger partial charge is 0.140 e. The van der Waals surface area contributed by atoms with Gasteiger partial charge in [0, 0.05) is 24.9 Å². The molecule has 20 heavy (non-hydrogen) atoms. The minimum Gasteiger partial charge on any atom is -0.490 e. The molecular formula is C16H26N2O2. The van der Waals surface area contributed by atoms with Crippen molar-refractivity contribution >= 4 is 0 Å². The fraction of sp³-hybridized carbons (Fsp3) is 0.688. The molecule has 0 aliphatic carbocycles. The highest BCUT2D eigenvalue weighted by molar-refractivity contribution is 5.29. The van der Waals surface area contributed by atoms with Crippen LogP contribution in [0, 0.1) is 6.92 Å². The minimum absolute atomic E-state index is 0.363. The summed E-state index contributed by atoms with van der Waals surface area (Å²) in [6.07, 6.45) is 3.61. The Kier molecular flexibility index (Phi) is 5.80. The van der Waals surface area contributed by atoms with Gasteiger partial charge in [-0.1, -0.05) is 6.92 Å². The van der Waals surface area contributed by atoms with E-state index in [0.717, 1.165) is 43.1 Å². The summed E-state index contributed by atoms with van der Waals surface area (Å²) in [7, 11) is 0. The largest absolute Gasteiger partial charge is 0.490 e. The Balaban J connectivity index is 1.72. The number of aryl methyl sites for hydroxylation is 2. The molecule has 2 atom stereocenters. The van der Waals surface area contributed by atoms with Crippen LogP contribution in [-0.2, 0) is 11.2 Å². The normalized spacial score (nSPS) is 20.1. The minimum atomic E-state index is 0.363. The molecular weight excluding hydrogens is 252 g/mol. The van der Waals surface area contributed by atoms with Gasteiger partial charge in [-0.2, -0.15) is 0 Å². The number of nitrogens with zero attached hydrogens (tertiary/aromatic N) is 1. The molecule has 1 aromatic rings. The Bertz CT molecular complexity index is 417. The molecule has 4 heteroatoms. The molecule has 1 aliphatic heterocycles. The first kappa shape index (κ1) is 15.3. The molecule has 0 spiro atoms. The van der Waals surface area contributed by atoms with Crippen molar-refractivity contribution in [3.05, 3.63) is 23.5 Å². The Morgan fingerprint density at radius 3 is 3.05 bits per heavy atom. The number of rotatable bonds is 7. The molecule has 2 heterocycles. The predicted molar refractivity (Wildman–Crippen MR) is 80.3 cm³/mol. The van der Waals surface area contributed by atoms with Gasteiger partial charge in [0.05, 0.1) is 11.8 Å². The third-order valence-corrected chi connectivity index (χ3v) is 3.76. The van der Waals surface area contributed by atoms with Crippen LogP contribution in [-0.4, -0.2) is 36.9 Å². The zero-order valence-corrected chi connectivity index (χ0v) is 12.8. The van der Waals surface area contributed by atoms with E-state index in [-0.39, 0.29) is 0 Å². The lowest BCUT2D eigenvalue weighted by atomic mass is 10.1. The van der Waals surface area contributed by atoms with Crippen LogP contribution in [0.5, 0.6) is 5.75 Å². The second-order valence-corrected chi connectivity index (χ2v) is 5.39. The number of aromatic nitrogens is 1. The molecule has 0 saturated carbocycles. The lowest BCUT2D eigenvalue weighted by molar-refractivity contribution is 0.0824. The number of pyridine rings is 1. The van der Waals surface area contributed by atoms with Crippen molar-refractivity contribution in [2.75, 3.05) is 19.8 Å². The molecule has 1 aromatic heterocycles. The summed E-state index contributed by atoms with van der Waals surface area (Å²) in [5, 5.41) is 3.47. The quantitative estimate of drug-likeness (QED) is 0.778. The third kappa shape index (κ3) is 4.18. The summed E-state index contributed by atoms with van der Waals surface area (Å²) in [6, 6.07) is 4.41. The van der Waals surface area contributed by atoms with E-state index in [0.29, 0.717) is 18.8 Å². The molecule has 0 aromatic carbocycles. The first-order valence-electron chi connectivity index (χ1n) is 7.65. The highest BCUT2D eigenvalue weighted by atomic mass is 16.5. The molecule has 1 N–H and O–H groups in total. The van der Waals surface area contributed by atoms with E-state index < -0.39 is 0 Å². The van der Waals surface area contributed by atoms with Crippen LogP contribution in [0.15, 0.2) is 12.1 Å². The van der Waals surface area contributed by atoms with Crippen molar-refractivity contribution in [2.24, 2.45) is 0 Å². The molecule has 0 amide bonds. The average molecular weight is 278 g/mol. The molecule has 112 valence electrons. The molecule has 2 unspecified atom stereocenters. The zero-order valence-electron chi connectivity index (χ0n) is 12.8. The Hall–Kier alpha value is -1.13.